The first-order valence-corrected chi connectivity index (χ1v) is 5.69. The van der Waals surface area contributed by atoms with E-state index in [1.54, 1.807) is 13.0 Å². The summed E-state index contributed by atoms with van der Waals surface area (Å²) in [5.41, 5.74) is 0.784. The molecule has 90 valence electrons. The zero-order valence-corrected chi connectivity index (χ0v) is 10.4. The molecule has 1 aromatic rings. The van der Waals surface area contributed by atoms with Crippen molar-refractivity contribution in [1.29, 1.82) is 5.26 Å². The van der Waals surface area contributed by atoms with Gasteiger partial charge in [0.05, 0.1) is 30.1 Å². The minimum atomic E-state index is -0.518. The second kappa shape index (κ2) is 3.82. The van der Waals surface area contributed by atoms with Crippen molar-refractivity contribution in [2.75, 3.05) is 13.2 Å². The Kier molecular flexibility index (Phi) is 2.71. The van der Waals surface area contributed by atoms with Crippen LogP contribution in [0.2, 0.25) is 0 Å². The van der Waals surface area contributed by atoms with Gasteiger partial charge in [-0.25, -0.2) is 4.39 Å². The molecule has 1 fully saturated rings. The molecule has 0 amide bonds. The standard InChI is InChI=1S/C14H16FNO/c1-10-6-11(4-5-12(10)15)14(8-17-9-14)13(2,3)7-16/h4-6H,8-9H2,1-3H3. The summed E-state index contributed by atoms with van der Waals surface area (Å²) >= 11 is 0. The number of benzene rings is 1. The number of ether oxygens (including phenoxy) is 1. The molecule has 0 radical (unpaired) electrons. The van der Waals surface area contributed by atoms with E-state index in [0.29, 0.717) is 18.8 Å². The maximum absolute atomic E-state index is 13.3. The number of aryl methyl sites for hydroxylation is 1. The minimum absolute atomic E-state index is 0.209. The Balaban J connectivity index is 2.50. The molecule has 0 spiro atoms. The van der Waals surface area contributed by atoms with Crippen LogP contribution in [-0.4, -0.2) is 13.2 Å². The second-order valence-corrected chi connectivity index (χ2v) is 5.28. The predicted octanol–water partition coefficient (Wildman–Crippen LogP) is 2.95. The highest BCUT2D eigenvalue weighted by molar-refractivity contribution is 5.37. The fraction of sp³-hybridized carbons (Fsp3) is 0.500. The Morgan fingerprint density at radius 1 is 1.41 bits per heavy atom. The van der Waals surface area contributed by atoms with E-state index in [-0.39, 0.29) is 11.2 Å². The molecule has 2 nitrogen and oxygen atoms in total. The molecule has 2 rings (SSSR count). The van der Waals surface area contributed by atoms with Gasteiger partial charge in [-0.3, -0.25) is 0 Å². The molecule has 1 aliphatic heterocycles. The third kappa shape index (κ3) is 1.64. The topological polar surface area (TPSA) is 33.0 Å². The van der Waals surface area contributed by atoms with Crippen LogP contribution >= 0.6 is 0 Å². The van der Waals surface area contributed by atoms with Gasteiger partial charge in [0.15, 0.2) is 0 Å². The van der Waals surface area contributed by atoms with E-state index >= 15 is 0 Å². The molecule has 0 aliphatic carbocycles. The first kappa shape index (κ1) is 12.1. The van der Waals surface area contributed by atoms with Gasteiger partial charge in [0.2, 0.25) is 0 Å². The fourth-order valence-electron chi connectivity index (χ4n) is 2.24. The normalized spacial score (nSPS) is 18.3. The molecule has 3 heteroatoms. The zero-order valence-electron chi connectivity index (χ0n) is 10.4. The number of rotatable bonds is 2. The molecule has 0 saturated carbocycles. The molecule has 0 bridgehead atoms. The van der Waals surface area contributed by atoms with Crippen molar-refractivity contribution in [3.8, 4) is 6.07 Å². The molecule has 17 heavy (non-hydrogen) atoms. The first-order chi connectivity index (χ1) is 7.93. The third-order valence-electron chi connectivity index (χ3n) is 3.88. The maximum atomic E-state index is 13.3. The molecule has 1 saturated heterocycles. The van der Waals surface area contributed by atoms with Crippen LogP contribution in [0.25, 0.3) is 0 Å². The smallest absolute Gasteiger partial charge is 0.126 e. The predicted molar refractivity (Wildman–Crippen MR) is 63.0 cm³/mol. The number of hydrogen-bond donors (Lipinski definition) is 0. The van der Waals surface area contributed by atoms with Gasteiger partial charge in [0, 0.05) is 0 Å². The highest BCUT2D eigenvalue weighted by Gasteiger charge is 2.52. The number of nitrogens with zero attached hydrogens (tertiary/aromatic N) is 1. The van der Waals surface area contributed by atoms with Gasteiger partial charge in [-0.15, -0.1) is 0 Å². The van der Waals surface area contributed by atoms with Gasteiger partial charge in [-0.1, -0.05) is 12.1 Å². The summed E-state index contributed by atoms with van der Waals surface area (Å²) in [6.07, 6.45) is 0. The summed E-state index contributed by atoms with van der Waals surface area (Å²) in [7, 11) is 0. The van der Waals surface area contributed by atoms with Crippen molar-refractivity contribution in [2.45, 2.75) is 26.2 Å². The zero-order chi connectivity index (χ0) is 12.7. The second-order valence-electron chi connectivity index (χ2n) is 5.28. The molecule has 1 aromatic carbocycles. The van der Waals surface area contributed by atoms with Crippen molar-refractivity contribution in [2.24, 2.45) is 5.41 Å². The summed E-state index contributed by atoms with van der Waals surface area (Å²) in [5, 5.41) is 9.30. The molecule has 1 heterocycles. The minimum Gasteiger partial charge on any atom is -0.379 e. The van der Waals surface area contributed by atoms with Gasteiger partial charge in [-0.2, -0.15) is 5.26 Å². The van der Waals surface area contributed by atoms with Crippen LogP contribution in [0.4, 0.5) is 4.39 Å². The van der Waals surface area contributed by atoms with E-state index < -0.39 is 5.41 Å². The van der Waals surface area contributed by atoms with Crippen molar-refractivity contribution in [3.05, 3.63) is 35.1 Å². The van der Waals surface area contributed by atoms with Gasteiger partial charge < -0.3 is 4.74 Å². The molecule has 0 N–H and O–H groups in total. The highest BCUT2D eigenvalue weighted by atomic mass is 19.1. The van der Waals surface area contributed by atoms with E-state index in [4.69, 9.17) is 4.74 Å². The van der Waals surface area contributed by atoms with Crippen molar-refractivity contribution in [3.63, 3.8) is 0 Å². The quantitative estimate of drug-likeness (QED) is 0.786. The Bertz CT molecular complexity index is 483. The largest absolute Gasteiger partial charge is 0.379 e. The van der Waals surface area contributed by atoms with E-state index in [2.05, 4.69) is 6.07 Å². The lowest BCUT2D eigenvalue weighted by Gasteiger charge is -2.49. The van der Waals surface area contributed by atoms with Gasteiger partial charge >= 0.3 is 0 Å². The molecule has 0 unspecified atom stereocenters. The molecular weight excluding hydrogens is 217 g/mol. The lowest BCUT2D eigenvalue weighted by molar-refractivity contribution is -0.102. The summed E-state index contributed by atoms with van der Waals surface area (Å²) in [6, 6.07) is 7.41. The Morgan fingerprint density at radius 2 is 2.06 bits per heavy atom. The van der Waals surface area contributed by atoms with Crippen molar-refractivity contribution >= 4 is 0 Å². The monoisotopic (exact) mass is 233 g/mol. The summed E-state index contributed by atoms with van der Waals surface area (Å²) in [6.45, 7) is 6.62. The first-order valence-electron chi connectivity index (χ1n) is 5.69. The van der Waals surface area contributed by atoms with Gasteiger partial charge in [0.1, 0.15) is 5.82 Å². The Labute approximate surface area is 101 Å². The van der Waals surface area contributed by atoms with Crippen LogP contribution in [0.15, 0.2) is 18.2 Å². The Hall–Kier alpha value is -1.40. The van der Waals surface area contributed by atoms with E-state index in [1.807, 2.05) is 19.9 Å². The third-order valence-corrected chi connectivity index (χ3v) is 3.88. The maximum Gasteiger partial charge on any atom is 0.126 e. The summed E-state index contributed by atoms with van der Waals surface area (Å²) in [4.78, 5) is 0. The van der Waals surface area contributed by atoms with Crippen molar-refractivity contribution in [1.82, 2.24) is 0 Å². The number of halogens is 1. The number of hydrogen-bond acceptors (Lipinski definition) is 2. The van der Waals surface area contributed by atoms with Gasteiger partial charge in [0.25, 0.3) is 0 Å². The van der Waals surface area contributed by atoms with Crippen LogP contribution in [0.5, 0.6) is 0 Å². The van der Waals surface area contributed by atoms with E-state index in [1.165, 1.54) is 6.07 Å². The Morgan fingerprint density at radius 3 is 2.47 bits per heavy atom. The average molecular weight is 233 g/mol. The van der Waals surface area contributed by atoms with Crippen LogP contribution in [0.1, 0.15) is 25.0 Å². The van der Waals surface area contributed by atoms with E-state index in [9.17, 15) is 9.65 Å². The molecule has 0 atom stereocenters. The molecular formula is C14H16FNO. The summed E-state index contributed by atoms with van der Waals surface area (Å²) in [5.74, 6) is -0.209. The van der Waals surface area contributed by atoms with Crippen LogP contribution in [0, 0.1) is 29.5 Å². The average Bonchev–Trinajstić information content (AvgIpc) is 2.21. The molecule has 0 aromatic heterocycles. The lowest BCUT2D eigenvalue weighted by Crippen LogP contribution is -2.56. The van der Waals surface area contributed by atoms with Gasteiger partial charge in [-0.05, 0) is 38.0 Å². The highest BCUT2D eigenvalue weighted by Crippen LogP contribution is 2.47. The number of nitriles is 1. The van der Waals surface area contributed by atoms with E-state index in [0.717, 1.165) is 5.56 Å². The lowest BCUT2D eigenvalue weighted by atomic mass is 9.61. The van der Waals surface area contributed by atoms with Crippen LogP contribution in [0.3, 0.4) is 0 Å². The van der Waals surface area contributed by atoms with Crippen LogP contribution < -0.4 is 0 Å². The summed E-state index contributed by atoms with van der Waals surface area (Å²) < 4.78 is 18.6. The molecule has 1 aliphatic rings. The van der Waals surface area contributed by atoms with Crippen LogP contribution in [-0.2, 0) is 10.2 Å². The SMILES string of the molecule is Cc1cc(C2(C(C)(C)C#N)COC2)ccc1F. The fourth-order valence-corrected chi connectivity index (χ4v) is 2.24. The van der Waals surface area contributed by atoms with Crippen molar-refractivity contribution < 1.29 is 9.13 Å².